The number of amides is 2. The third kappa shape index (κ3) is 5.98. The molecule has 0 atom stereocenters. The highest BCUT2D eigenvalue weighted by atomic mass is 19.4. The van der Waals surface area contributed by atoms with Gasteiger partial charge in [-0.05, 0) is 49.1 Å². The molecular weight excluding hydrogens is 397 g/mol. The van der Waals surface area contributed by atoms with Gasteiger partial charge in [-0.15, -0.1) is 0 Å². The van der Waals surface area contributed by atoms with E-state index in [0.29, 0.717) is 38.2 Å². The number of carbonyl (C=O) groups excluding carboxylic acids is 2. The van der Waals surface area contributed by atoms with Crippen molar-refractivity contribution < 1.29 is 27.5 Å². The van der Waals surface area contributed by atoms with Crippen molar-refractivity contribution in [3.05, 3.63) is 65.7 Å². The second-order valence-corrected chi connectivity index (χ2v) is 7.21. The standard InChI is InChI=1S/C22H23F3N2O3/c23-22(24,25)18-6-4-5-17(13-18)21(29)26-14-16-9-11-27(12-10-16)20(28)15-30-19-7-2-1-3-8-19/h1-8,13,16H,9-12,14-15H2,(H,26,29). The van der Waals surface area contributed by atoms with Crippen LogP contribution in [0.5, 0.6) is 5.75 Å². The number of carbonyl (C=O) groups is 2. The number of benzene rings is 2. The van der Waals surface area contributed by atoms with E-state index in [1.165, 1.54) is 12.1 Å². The maximum Gasteiger partial charge on any atom is 0.416 e. The summed E-state index contributed by atoms with van der Waals surface area (Å²) in [5.74, 6) is 0.179. The zero-order valence-corrected chi connectivity index (χ0v) is 16.3. The number of nitrogens with zero attached hydrogens (tertiary/aromatic N) is 1. The number of piperidine rings is 1. The average Bonchev–Trinajstić information content (AvgIpc) is 2.76. The van der Waals surface area contributed by atoms with Crippen molar-refractivity contribution >= 4 is 11.8 Å². The quantitative estimate of drug-likeness (QED) is 0.774. The van der Waals surface area contributed by atoms with Crippen LogP contribution in [-0.2, 0) is 11.0 Å². The molecule has 0 saturated carbocycles. The van der Waals surface area contributed by atoms with Gasteiger partial charge in [0.2, 0.25) is 0 Å². The van der Waals surface area contributed by atoms with E-state index >= 15 is 0 Å². The predicted molar refractivity (Wildman–Crippen MR) is 105 cm³/mol. The Morgan fingerprint density at radius 2 is 1.73 bits per heavy atom. The molecule has 0 unspecified atom stereocenters. The van der Waals surface area contributed by atoms with E-state index in [2.05, 4.69) is 5.32 Å². The van der Waals surface area contributed by atoms with Crippen molar-refractivity contribution in [3.8, 4) is 5.75 Å². The SMILES string of the molecule is O=C(NCC1CCN(C(=O)COc2ccccc2)CC1)c1cccc(C(F)(F)F)c1. The van der Waals surface area contributed by atoms with Gasteiger partial charge in [0.25, 0.3) is 11.8 Å². The molecule has 3 rings (SSSR count). The lowest BCUT2D eigenvalue weighted by atomic mass is 9.96. The van der Waals surface area contributed by atoms with Gasteiger partial charge in [-0.1, -0.05) is 24.3 Å². The fraction of sp³-hybridized carbons (Fsp3) is 0.364. The molecule has 0 spiro atoms. The Morgan fingerprint density at radius 1 is 1.03 bits per heavy atom. The van der Waals surface area contributed by atoms with Crippen molar-refractivity contribution in [1.29, 1.82) is 0 Å². The Hall–Kier alpha value is -3.03. The first-order valence-electron chi connectivity index (χ1n) is 9.74. The Bertz CT molecular complexity index is 863. The topological polar surface area (TPSA) is 58.6 Å². The molecule has 160 valence electrons. The number of rotatable bonds is 6. The minimum atomic E-state index is -4.49. The molecule has 0 aliphatic carbocycles. The number of hydrogen-bond donors (Lipinski definition) is 1. The maximum atomic E-state index is 12.8. The molecular formula is C22H23F3N2O3. The molecule has 2 aromatic carbocycles. The molecule has 2 amide bonds. The molecule has 8 heteroatoms. The minimum Gasteiger partial charge on any atom is -0.484 e. The van der Waals surface area contributed by atoms with Gasteiger partial charge >= 0.3 is 6.18 Å². The van der Waals surface area contributed by atoms with Crippen LogP contribution in [0.2, 0.25) is 0 Å². The molecule has 5 nitrogen and oxygen atoms in total. The smallest absolute Gasteiger partial charge is 0.416 e. The van der Waals surface area contributed by atoms with Crippen LogP contribution in [0.3, 0.4) is 0 Å². The average molecular weight is 420 g/mol. The molecule has 1 N–H and O–H groups in total. The van der Waals surface area contributed by atoms with E-state index < -0.39 is 17.6 Å². The van der Waals surface area contributed by atoms with Crippen LogP contribution in [0.4, 0.5) is 13.2 Å². The predicted octanol–water partition coefficient (Wildman–Crippen LogP) is 3.75. The lowest BCUT2D eigenvalue weighted by Crippen LogP contribution is -2.43. The molecule has 1 fully saturated rings. The summed E-state index contributed by atoms with van der Waals surface area (Å²) in [6.45, 7) is 1.45. The monoisotopic (exact) mass is 420 g/mol. The van der Waals surface area contributed by atoms with E-state index in [1.54, 1.807) is 17.0 Å². The molecule has 2 aromatic rings. The molecule has 0 aromatic heterocycles. The molecule has 1 saturated heterocycles. The van der Waals surface area contributed by atoms with Crippen LogP contribution in [0.1, 0.15) is 28.8 Å². The molecule has 30 heavy (non-hydrogen) atoms. The van der Waals surface area contributed by atoms with Gasteiger partial charge in [0, 0.05) is 25.2 Å². The molecule has 0 radical (unpaired) electrons. The Balaban J connectivity index is 1.41. The molecule has 1 aliphatic heterocycles. The largest absolute Gasteiger partial charge is 0.484 e. The number of hydrogen-bond acceptors (Lipinski definition) is 3. The van der Waals surface area contributed by atoms with Crippen molar-refractivity contribution in [3.63, 3.8) is 0 Å². The van der Waals surface area contributed by atoms with Gasteiger partial charge in [0.15, 0.2) is 6.61 Å². The first-order valence-corrected chi connectivity index (χ1v) is 9.74. The summed E-state index contributed by atoms with van der Waals surface area (Å²) in [6.07, 6.45) is -3.07. The van der Waals surface area contributed by atoms with Gasteiger partial charge in [0.1, 0.15) is 5.75 Å². The van der Waals surface area contributed by atoms with Gasteiger partial charge in [-0.3, -0.25) is 9.59 Å². The van der Waals surface area contributed by atoms with E-state index in [1.807, 2.05) is 18.2 Å². The fourth-order valence-corrected chi connectivity index (χ4v) is 3.32. The number of alkyl halides is 3. The van der Waals surface area contributed by atoms with Crippen molar-refractivity contribution in [2.24, 2.45) is 5.92 Å². The van der Waals surface area contributed by atoms with Crippen molar-refractivity contribution in [2.45, 2.75) is 19.0 Å². The highest BCUT2D eigenvalue weighted by Crippen LogP contribution is 2.29. The van der Waals surface area contributed by atoms with Crippen LogP contribution in [0.15, 0.2) is 54.6 Å². The van der Waals surface area contributed by atoms with Crippen molar-refractivity contribution in [2.75, 3.05) is 26.2 Å². The maximum absolute atomic E-state index is 12.8. The lowest BCUT2D eigenvalue weighted by Gasteiger charge is -2.32. The Labute approximate surface area is 172 Å². The third-order valence-electron chi connectivity index (χ3n) is 5.08. The number of nitrogens with one attached hydrogen (secondary N) is 1. The Kier molecular flexibility index (Phi) is 6.97. The molecule has 0 bridgehead atoms. The first kappa shape index (κ1) is 21.7. The Morgan fingerprint density at radius 3 is 2.40 bits per heavy atom. The highest BCUT2D eigenvalue weighted by molar-refractivity contribution is 5.94. The second kappa shape index (κ2) is 9.65. The summed E-state index contributed by atoms with van der Waals surface area (Å²) in [5.41, 5.74) is -0.866. The summed E-state index contributed by atoms with van der Waals surface area (Å²) in [6, 6.07) is 13.5. The number of para-hydroxylation sites is 1. The number of halogens is 3. The zero-order chi connectivity index (χ0) is 21.6. The van der Waals surface area contributed by atoms with Gasteiger partial charge in [-0.25, -0.2) is 0 Å². The van der Waals surface area contributed by atoms with E-state index in [-0.39, 0.29) is 24.0 Å². The first-order chi connectivity index (χ1) is 14.3. The highest BCUT2D eigenvalue weighted by Gasteiger charge is 2.31. The second-order valence-electron chi connectivity index (χ2n) is 7.21. The van der Waals surface area contributed by atoms with E-state index in [9.17, 15) is 22.8 Å². The van der Waals surface area contributed by atoms with Crippen LogP contribution in [0.25, 0.3) is 0 Å². The van der Waals surface area contributed by atoms with E-state index in [4.69, 9.17) is 4.74 Å². The van der Waals surface area contributed by atoms with Crippen molar-refractivity contribution in [1.82, 2.24) is 10.2 Å². The summed E-state index contributed by atoms with van der Waals surface area (Å²) in [5, 5.41) is 2.70. The summed E-state index contributed by atoms with van der Waals surface area (Å²) < 4.78 is 43.8. The third-order valence-corrected chi connectivity index (χ3v) is 5.08. The lowest BCUT2D eigenvalue weighted by molar-refractivity contribution is -0.137. The van der Waals surface area contributed by atoms with Crippen LogP contribution in [-0.4, -0.2) is 43.0 Å². The summed E-state index contributed by atoms with van der Waals surface area (Å²) >= 11 is 0. The molecule has 1 heterocycles. The van der Waals surface area contributed by atoms with Crippen LogP contribution >= 0.6 is 0 Å². The fourth-order valence-electron chi connectivity index (χ4n) is 3.32. The van der Waals surface area contributed by atoms with Gasteiger partial charge < -0.3 is 15.0 Å². The number of ether oxygens (including phenoxy) is 1. The van der Waals surface area contributed by atoms with E-state index in [0.717, 1.165) is 12.1 Å². The zero-order valence-electron chi connectivity index (χ0n) is 16.3. The van der Waals surface area contributed by atoms with Crippen LogP contribution < -0.4 is 10.1 Å². The normalized spacial score (nSPS) is 15.0. The summed E-state index contributed by atoms with van der Waals surface area (Å²) in [7, 11) is 0. The van der Waals surface area contributed by atoms with Gasteiger partial charge in [0.05, 0.1) is 5.56 Å². The summed E-state index contributed by atoms with van der Waals surface area (Å²) in [4.78, 5) is 26.2. The van der Waals surface area contributed by atoms with Gasteiger partial charge in [-0.2, -0.15) is 13.2 Å². The van der Waals surface area contributed by atoms with Crippen LogP contribution in [0, 0.1) is 5.92 Å². The number of likely N-dealkylation sites (tertiary alicyclic amines) is 1. The minimum absolute atomic E-state index is 0.0181. The molecule has 1 aliphatic rings.